The highest BCUT2D eigenvalue weighted by Crippen LogP contribution is 2.37. The average molecular weight is 258 g/mol. The molecule has 2 saturated heterocycles. The molecule has 2 atom stereocenters. The lowest BCUT2D eigenvalue weighted by molar-refractivity contribution is -0.131. The Kier molecular flexibility index (Phi) is 3.31. The number of rotatable bonds is 2. The van der Waals surface area contributed by atoms with E-state index in [4.69, 9.17) is 0 Å². The van der Waals surface area contributed by atoms with Gasteiger partial charge in [0.05, 0.1) is 5.92 Å². The highest BCUT2D eigenvalue weighted by Gasteiger charge is 2.42. The van der Waals surface area contributed by atoms with Gasteiger partial charge in [-0.3, -0.25) is 4.79 Å². The number of amides is 1. The molecule has 1 amide bonds. The number of hydrogen-bond donors (Lipinski definition) is 1. The van der Waals surface area contributed by atoms with Crippen molar-refractivity contribution in [1.29, 1.82) is 0 Å². The molecule has 102 valence electrons. The molecular weight excluding hydrogens is 236 g/mol. The summed E-state index contributed by atoms with van der Waals surface area (Å²) in [5.41, 5.74) is 1.49. The van der Waals surface area contributed by atoms with Crippen LogP contribution < -0.4 is 5.32 Å². The van der Waals surface area contributed by atoms with Crippen LogP contribution in [0, 0.1) is 5.41 Å². The summed E-state index contributed by atoms with van der Waals surface area (Å²) in [6, 6.07) is 10.1. The summed E-state index contributed by atoms with van der Waals surface area (Å²) in [4.78, 5) is 14.7. The minimum Gasteiger partial charge on any atom is -0.342 e. The van der Waals surface area contributed by atoms with Crippen molar-refractivity contribution in [3.8, 4) is 0 Å². The fourth-order valence-electron chi connectivity index (χ4n) is 3.43. The molecular formula is C16H22N2O. The van der Waals surface area contributed by atoms with E-state index in [0.29, 0.717) is 5.41 Å². The number of benzene rings is 1. The van der Waals surface area contributed by atoms with E-state index in [2.05, 4.69) is 10.2 Å². The van der Waals surface area contributed by atoms with Crippen LogP contribution in [0.15, 0.2) is 30.3 Å². The van der Waals surface area contributed by atoms with Crippen LogP contribution in [-0.2, 0) is 4.79 Å². The van der Waals surface area contributed by atoms with E-state index in [1.54, 1.807) is 0 Å². The van der Waals surface area contributed by atoms with Crippen molar-refractivity contribution in [3.05, 3.63) is 35.9 Å². The van der Waals surface area contributed by atoms with Crippen LogP contribution in [0.5, 0.6) is 0 Å². The highest BCUT2D eigenvalue weighted by molar-refractivity contribution is 5.83. The second-order valence-electron chi connectivity index (χ2n) is 6.07. The maximum absolute atomic E-state index is 12.6. The number of carbonyl (C=O) groups excluding carboxylic acids is 1. The molecule has 2 aliphatic rings. The third kappa shape index (κ3) is 2.39. The minimum absolute atomic E-state index is 0.0225. The van der Waals surface area contributed by atoms with Gasteiger partial charge in [0.2, 0.25) is 5.91 Å². The molecule has 3 heteroatoms. The van der Waals surface area contributed by atoms with Crippen molar-refractivity contribution in [2.24, 2.45) is 5.41 Å². The number of nitrogens with zero attached hydrogens (tertiary/aromatic N) is 1. The molecule has 0 saturated carbocycles. The number of nitrogens with one attached hydrogen (secondary N) is 1. The molecule has 1 spiro atoms. The molecule has 1 aromatic carbocycles. The maximum atomic E-state index is 12.6. The Bertz CT molecular complexity index is 451. The monoisotopic (exact) mass is 258 g/mol. The van der Waals surface area contributed by atoms with Gasteiger partial charge in [0.15, 0.2) is 0 Å². The number of hydrogen-bond acceptors (Lipinski definition) is 2. The quantitative estimate of drug-likeness (QED) is 0.880. The largest absolute Gasteiger partial charge is 0.342 e. The molecule has 19 heavy (non-hydrogen) atoms. The predicted octanol–water partition coefficient (Wildman–Crippen LogP) is 2.00. The number of likely N-dealkylation sites (tertiary alicyclic amines) is 1. The Labute approximate surface area is 115 Å². The van der Waals surface area contributed by atoms with Crippen LogP contribution in [0.1, 0.15) is 31.2 Å². The summed E-state index contributed by atoms with van der Waals surface area (Å²) in [6.07, 6.45) is 2.38. The first-order valence-electron chi connectivity index (χ1n) is 7.25. The summed E-state index contributed by atoms with van der Waals surface area (Å²) in [7, 11) is 0. The number of carbonyl (C=O) groups is 1. The third-order valence-electron chi connectivity index (χ3n) is 4.75. The van der Waals surface area contributed by atoms with Crippen LogP contribution in [-0.4, -0.2) is 37.0 Å². The van der Waals surface area contributed by atoms with E-state index < -0.39 is 0 Å². The van der Waals surface area contributed by atoms with E-state index in [1.807, 2.05) is 37.3 Å². The van der Waals surface area contributed by atoms with Crippen molar-refractivity contribution in [1.82, 2.24) is 10.2 Å². The van der Waals surface area contributed by atoms with Gasteiger partial charge in [0, 0.05) is 25.0 Å². The molecule has 2 fully saturated rings. The second-order valence-corrected chi connectivity index (χ2v) is 6.07. The maximum Gasteiger partial charge on any atom is 0.229 e. The van der Waals surface area contributed by atoms with E-state index in [9.17, 15) is 4.79 Å². The summed E-state index contributed by atoms with van der Waals surface area (Å²) in [6.45, 7) is 6.08. The predicted molar refractivity (Wildman–Crippen MR) is 76.0 cm³/mol. The van der Waals surface area contributed by atoms with Gasteiger partial charge in [-0.1, -0.05) is 30.3 Å². The van der Waals surface area contributed by atoms with Gasteiger partial charge in [-0.2, -0.15) is 0 Å². The Balaban J connectivity index is 1.68. The lowest BCUT2D eigenvalue weighted by atomic mass is 9.86. The minimum atomic E-state index is -0.0225. The van der Waals surface area contributed by atoms with E-state index in [0.717, 1.165) is 38.2 Å². The summed E-state index contributed by atoms with van der Waals surface area (Å²) >= 11 is 0. The molecule has 1 N–H and O–H groups in total. The van der Waals surface area contributed by atoms with E-state index in [-0.39, 0.29) is 11.8 Å². The molecule has 2 aliphatic heterocycles. The van der Waals surface area contributed by atoms with Gasteiger partial charge in [-0.25, -0.2) is 0 Å². The smallest absolute Gasteiger partial charge is 0.229 e. The molecule has 2 unspecified atom stereocenters. The molecule has 0 aliphatic carbocycles. The molecule has 3 rings (SSSR count). The van der Waals surface area contributed by atoms with Crippen LogP contribution in [0.2, 0.25) is 0 Å². The summed E-state index contributed by atoms with van der Waals surface area (Å²) in [5, 5.41) is 3.44. The Morgan fingerprint density at radius 2 is 2.11 bits per heavy atom. The van der Waals surface area contributed by atoms with Crippen LogP contribution in [0.25, 0.3) is 0 Å². The molecule has 3 nitrogen and oxygen atoms in total. The SMILES string of the molecule is CC(C(=O)N1CCC2(CCNC2)C1)c1ccccc1. The Morgan fingerprint density at radius 3 is 2.79 bits per heavy atom. The fraction of sp³-hybridized carbons (Fsp3) is 0.562. The topological polar surface area (TPSA) is 32.3 Å². The molecule has 0 aromatic heterocycles. The van der Waals surface area contributed by atoms with Crippen LogP contribution in [0.3, 0.4) is 0 Å². The third-order valence-corrected chi connectivity index (χ3v) is 4.75. The van der Waals surface area contributed by atoms with Gasteiger partial charge in [-0.15, -0.1) is 0 Å². The first-order chi connectivity index (χ1) is 9.20. The van der Waals surface area contributed by atoms with Crippen molar-refractivity contribution < 1.29 is 4.79 Å². The van der Waals surface area contributed by atoms with E-state index >= 15 is 0 Å². The molecule has 1 aromatic rings. The zero-order valence-corrected chi connectivity index (χ0v) is 11.6. The lowest BCUT2D eigenvalue weighted by Crippen LogP contribution is -2.35. The van der Waals surface area contributed by atoms with E-state index in [1.165, 1.54) is 6.42 Å². The van der Waals surface area contributed by atoms with Gasteiger partial charge < -0.3 is 10.2 Å². The van der Waals surface area contributed by atoms with Crippen molar-refractivity contribution >= 4 is 5.91 Å². The fourth-order valence-corrected chi connectivity index (χ4v) is 3.43. The zero-order valence-electron chi connectivity index (χ0n) is 11.6. The van der Waals surface area contributed by atoms with Crippen molar-refractivity contribution in [2.75, 3.05) is 26.2 Å². The van der Waals surface area contributed by atoms with Crippen molar-refractivity contribution in [3.63, 3.8) is 0 Å². The first kappa shape index (κ1) is 12.7. The van der Waals surface area contributed by atoms with Crippen LogP contribution in [0.4, 0.5) is 0 Å². The van der Waals surface area contributed by atoms with Crippen LogP contribution >= 0.6 is 0 Å². The summed E-state index contributed by atoms with van der Waals surface area (Å²) in [5.74, 6) is 0.265. The molecule has 2 heterocycles. The van der Waals surface area contributed by atoms with Gasteiger partial charge in [-0.05, 0) is 31.9 Å². The Hall–Kier alpha value is -1.35. The molecule has 0 radical (unpaired) electrons. The van der Waals surface area contributed by atoms with Gasteiger partial charge >= 0.3 is 0 Å². The second kappa shape index (κ2) is 4.97. The summed E-state index contributed by atoms with van der Waals surface area (Å²) < 4.78 is 0. The molecule has 0 bridgehead atoms. The van der Waals surface area contributed by atoms with Gasteiger partial charge in [0.1, 0.15) is 0 Å². The average Bonchev–Trinajstić information content (AvgIpc) is 3.09. The first-order valence-corrected chi connectivity index (χ1v) is 7.25. The highest BCUT2D eigenvalue weighted by atomic mass is 16.2. The zero-order chi connectivity index (χ0) is 13.3. The standard InChI is InChI=1S/C16H22N2O/c1-13(14-5-3-2-4-6-14)15(19)18-10-8-16(12-18)7-9-17-11-16/h2-6,13,17H,7-12H2,1H3. The lowest BCUT2D eigenvalue weighted by Gasteiger charge is -2.25. The van der Waals surface area contributed by atoms with Gasteiger partial charge in [0.25, 0.3) is 0 Å². The normalized spacial score (nSPS) is 27.9. The van der Waals surface area contributed by atoms with Crippen molar-refractivity contribution in [2.45, 2.75) is 25.7 Å². The Morgan fingerprint density at radius 1 is 1.32 bits per heavy atom.